The van der Waals surface area contributed by atoms with Crippen molar-refractivity contribution in [2.75, 3.05) is 13.2 Å². The Balaban J connectivity index is 2.47. The van der Waals surface area contributed by atoms with Crippen molar-refractivity contribution in [3.63, 3.8) is 0 Å². The van der Waals surface area contributed by atoms with Crippen LogP contribution in [-0.4, -0.2) is 30.5 Å². The van der Waals surface area contributed by atoms with Crippen molar-refractivity contribution in [1.82, 2.24) is 0 Å². The van der Waals surface area contributed by atoms with Crippen molar-refractivity contribution in [3.05, 3.63) is 24.3 Å². The molecule has 1 N–H and O–H groups in total. The summed E-state index contributed by atoms with van der Waals surface area (Å²) in [5.74, 6) is -0.862. The average Bonchev–Trinajstić information content (AvgIpc) is 2.24. The Hall–Kier alpha value is -1.92. The molecule has 0 saturated carbocycles. The lowest BCUT2D eigenvalue weighted by Gasteiger charge is -2.09. The second-order valence-electron chi connectivity index (χ2n) is 3.06. The molecule has 0 aromatic heterocycles. The van der Waals surface area contributed by atoms with Crippen molar-refractivity contribution in [2.24, 2.45) is 0 Å². The first-order valence-electron chi connectivity index (χ1n) is 4.51. The molecule has 94 valence electrons. The molecule has 0 aliphatic rings. The average molecular weight is 250 g/mol. The Morgan fingerprint density at radius 1 is 1.12 bits per heavy atom. The van der Waals surface area contributed by atoms with Crippen LogP contribution >= 0.6 is 0 Å². The van der Waals surface area contributed by atoms with Gasteiger partial charge in [0.1, 0.15) is 11.5 Å². The number of rotatable bonds is 5. The summed E-state index contributed by atoms with van der Waals surface area (Å²) in [5, 5.41) is 8.33. The molecule has 0 bridgehead atoms. The molecule has 0 fully saturated rings. The van der Waals surface area contributed by atoms with Crippen molar-refractivity contribution < 1.29 is 32.5 Å². The molecular formula is C10H9F3O4. The van der Waals surface area contributed by atoms with Crippen LogP contribution in [0.15, 0.2) is 24.3 Å². The lowest BCUT2D eigenvalue weighted by atomic mass is 10.3. The molecule has 0 heterocycles. The number of carbonyl (C=O) groups is 1. The van der Waals surface area contributed by atoms with Gasteiger partial charge in [-0.25, -0.2) is 4.79 Å². The molecular weight excluding hydrogens is 241 g/mol. The van der Waals surface area contributed by atoms with E-state index in [1.807, 2.05) is 0 Å². The van der Waals surface area contributed by atoms with Gasteiger partial charge in [0.2, 0.25) is 0 Å². The fourth-order valence-electron chi connectivity index (χ4n) is 0.942. The van der Waals surface area contributed by atoms with E-state index in [-0.39, 0.29) is 11.5 Å². The molecule has 1 rings (SSSR count). The topological polar surface area (TPSA) is 55.8 Å². The van der Waals surface area contributed by atoms with Crippen LogP contribution in [0.2, 0.25) is 0 Å². The van der Waals surface area contributed by atoms with Gasteiger partial charge < -0.3 is 14.6 Å². The number of benzene rings is 1. The second-order valence-corrected chi connectivity index (χ2v) is 3.06. The molecule has 7 heteroatoms. The summed E-state index contributed by atoms with van der Waals surface area (Å²) in [6.45, 7) is -1.88. The lowest BCUT2D eigenvalue weighted by molar-refractivity contribution is -0.153. The maximum atomic E-state index is 11.8. The van der Waals surface area contributed by atoms with Crippen molar-refractivity contribution in [2.45, 2.75) is 6.18 Å². The Bertz CT molecular complexity index is 372. The zero-order chi connectivity index (χ0) is 12.9. The third-order valence-corrected chi connectivity index (χ3v) is 1.59. The van der Waals surface area contributed by atoms with Crippen LogP contribution < -0.4 is 9.47 Å². The van der Waals surface area contributed by atoms with Crippen molar-refractivity contribution in [3.8, 4) is 11.5 Å². The highest BCUT2D eigenvalue weighted by Crippen LogP contribution is 2.21. The van der Waals surface area contributed by atoms with E-state index in [1.54, 1.807) is 0 Å². The number of hydrogen-bond donors (Lipinski definition) is 1. The zero-order valence-corrected chi connectivity index (χ0v) is 8.53. The summed E-state index contributed by atoms with van der Waals surface area (Å²) >= 11 is 0. The number of halogens is 3. The SMILES string of the molecule is O=C(O)COc1ccc(OCC(F)(F)F)cc1. The standard InChI is InChI=1S/C10H9F3O4/c11-10(12,13)6-17-8-3-1-7(2-4-8)16-5-9(14)15/h1-4H,5-6H2,(H,14,15). The van der Waals surface area contributed by atoms with Gasteiger partial charge in [0.15, 0.2) is 13.2 Å². The van der Waals surface area contributed by atoms with Crippen LogP contribution in [-0.2, 0) is 4.79 Å². The molecule has 1 aromatic carbocycles. The highest BCUT2D eigenvalue weighted by Gasteiger charge is 2.28. The number of ether oxygens (including phenoxy) is 2. The fourth-order valence-corrected chi connectivity index (χ4v) is 0.942. The quantitative estimate of drug-likeness (QED) is 0.869. The summed E-state index contributed by atoms with van der Waals surface area (Å²) in [5.41, 5.74) is 0. The Kier molecular flexibility index (Phi) is 4.19. The van der Waals surface area contributed by atoms with E-state index in [0.717, 1.165) is 0 Å². The first-order chi connectivity index (χ1) is 7.87. The Morgan fingerprint density at radius 3 is 2.00 bits per heavy atom. The fraction of sp³-hybridized carbons (Fsp3) is 0.300. The number of alkyl halides is 3. The van der Waals surface area contributed by atoms with Gasteiger partial charge in [-0.05, 0) is 24.3 Å². The highest BCUT2D eigenvalue weighted by molar-refractivity contribution is 5.68. The molecule has 0 radical (unpaired) electrons. The van der Waals surface area contributed by atoms with Gasteiger partial charge in [0, 0.05) is 0 Å². The Morgan fingerprint density at radius 2 is 1.59 bits per heavy atom. The normalized spacial score (nSPS) is 11.0. The third kappa shape index (κ3) is 5.64. The minimum atomic E-state index is -4.39. The van der Waals surface area contributed by atoms with Gasteiger partial charge in [-0.15, -0.1) is 0 Å². The van der Waals surface area contributed by atoms with Gasteiger partial charge >= 0.3 is 12.1 Å². The number of hydrogen-bond acceptors (Lipinski definition) is 3. The Labute approximate surface area is 94.6 Å². The van der Waals surface area contributed by atoms with Crippen LogP contribution in [0.25, 0.3) is 0 Å². The van der Waals surface area contributed by atoms with E-state index in [9.17, 15) is 18.0 Å². The van der Waals surface area contributed by atoms with Crippen LogP contribution in [0.4, 0.5) is 13.2 Å². The van der Waals surface area contributed by atoms with Gasteiger partial charge in [0.25, 0.3) is 0 Å². The van der Waals surface area contributed by atoms with E-state index in [2.05, 4.69) is 4.74 Å². The molecule has 0 amide bonds. The smallest absolute Gasteiger partial charge is 0.422 e. The van der Waals surface area contributed by atoms with E-state index in [4.69, 9.17) is 9.84 Å². The molecule has 0 saturated heterocycles. The number of carboxylic acids is 1. The minimum absolute atomic E-state index is 0.0324. The summed E-state index contributed by atoms with van der Waals surface area (Å²) < 4.78 is 44.7. The molecule has 0 aliphatic carbocycles. The zero-order valence-electron chi connectivity index (χ0n) is 8.53. The van der Waals surface area contributed by atoms with Crippen LogP contribution in [0.3, 0.4) is 0 Å². The second kappa shape index (κ2) is 5.42. The van der Waals surface area contributed by atoms with Gasteiger partial charge in [0.05, 0.1) is 0 Å². The van der Waals surface area contributed by atoms with Gasteiger partial charge in [-0.1, -0.05) is 0 Å². The van der Waals surface area contributed by atoms with Gasteiger partial charge in [-0.3, -0.25) is 0 Å². The number of aliphatic carboxylic acids is 1. The van der Waals surface area contributed by atoms with Crippen LogP contribution in [0.1, 0.15) is 0 Å². The molecule has 0 spiro atoms. The predicted octanol–water partition coefficient (Wildman–Crippen LogP) is 2.09. The number of carboxylic acid groups (broad SMARTS) is 1. The molecule has 0 atom stereocenters. The van der Waals surface area contributed by atoms with Crippen LogP contribution in [0.5, 0.6) is 11.5 Å². The van der Waals surface area contributed by atoms with E-state index in [0.29, 0.717) is 0 Å². The molecule has 4 nitrogen and oxygen atoms in total. The predicted molar refractivity (Wildman–Crippen MR) is 51.1 cm³/mol. The van der Waals surface area contributed by atoms with E-state index < -0.39 is 25.4 Å². The monoisotopic (exact) mass is 250 g/mol. The molecule has 1 aromatic rings. The van der Waals surface area contributed by atoms with Crippen molar-refractivity contribution in [1.29, 1.82) is 0 Å². The first kappa shape index (κ1) is 13.1. The van der Waals surface area contributed by atoms with Gasteiger partial charge in [-0.2, -0.15) is 13.2 Å². The summed E-state index contributed by atoms with van der Waals surface area (Å²) in [7, 11) is 0. The minimum Gasteiger partial charge on any atom is -0.484 e. The van der Waals surface area contributed by atoms with Crippen LogP contribution in [0, 0.1) is 0 Å². The maximum absolute atomic E-state index is 11.8. The largest absolute Gasteiger partial charge is 0.484 e. The summed E-state index contributed by atoms with van der Waals surface area (Å²) in [4.78, 5) is 10.2. The van der Waals surface area contributed by atoms with Crippen molar-refractivity contribution >= 4 is 5.97 Å². The van der Waals surface area contributed by atoms with E-state index in [1.165, 1.54) is 24.3 Å². The third-order valence-electron chi connectivity index (χ3n) is 1.59. The first-order valence-corrected chi connectivity index (χ1v) is 4.51. The summed E-state index contributed by atoms with van der Waals surface area (Å²) in [6.07, 6.45) is -4.39. The lowest BCUT2D eigenvalue weighted by Crippen LogP contribution is -2.19. The highest BCUT2D eigenvalue weighted by atomic mass is 19.4. The molecule has 17 heavy (non-hydrogen) atoms. The molecule has 0 aliphatic heterocycles. The maximum Gasteiger partial charge on any atom is 0.422 e. The molecule has 0 unspecified atom stereocenters. The summed E-state index contributed by atoms with van der Waals surface area (Å²) in [6, 6.07) is 5.19. The van der Waals surface area contributed by atoms with E-state index >= 15 is 0 Å².